The van der Waals surface area contributed by atoms with Crippen molar-refractivity contribution in [2.75, 3.05) is 6.61 Å². The van der Waals surface area contributed by atoms with Gasteiger partial charge < -0.3 is 4.74 Å². The van der Waals surface area contributed by atoms with Gasteiger partial charge in [-0.05, 0) is 43.4 Å². The van der Waals surface area contributed by atoms with Crippen molar-refractivity contribution in [3.05, 3.63) is 35.9 Å². The summed E-state index contributed by atoms with van der Waals surface area (Å²) in [6, 6.07) is 4.84. The lowest BCUT2D eigenvalue weighted by Crippen LogP contribution is -2.12. The fourth-order valence-electron chi connectivity index (χ4n) is 2.59. The van der Waals surface area contributed by atoms with Crippen molar-refractivity contribution >= 4 is 0 Å². The maximum absolute atomic E-state index is 13.4. The topological polar surface area (TPSA) is 47.9 Å². The summed E-state index contributed by atoms with van der Waals surface area (Å²) in [6.45, 7) is 8.44. The highest BCUT2D eigenvalue weighted by Crippen LogP contribution is 2.30. The molecule has 0 fully saturated rings. The molecule has 0 aliphatic carbocycles. The fourth-order valence-corrected chi connectivity index (χ4v) is 2.59. The highest BCUT2D eigenvalue weighted by atomic mass is 19.3. The van der Waals surface area contributed by atoms with Crippen molar-refractivity contribution < 1.29 is 13.5 Å². The van der Waals surface area contributed by atoms with Crippen molar-refractivity contribution in [2.24, 2.45) is 11.8 Å². The Morgan fingerprint density at radius 3 is 2.38 bits per heavy atom. The molecular formula is C18H23F2N3O. The summed E-state index contributed by atoms with van der Waals surface area (Å²) in [6.07, 6.45) is -0.141. The number of pyridine rings is 1. The molecule has 130 valence electrons. The van der Waals surface area contributed by atoms with Gasteiger partial charge in [-0.25, -0.2) is 23.7 Å². The summed E-state index contributed by atoms with van der Waals surface area (Å²) in [5.74, 6) is 1.53. The Bertz CT molecular complexity index is 677. The zero-order valence-corrected chi connectivity index (χ0v) is 14.5. The number of alkyl halides is 2. The molecule has 2 aromatic rings. The van der Waals surface area contributed by atoms with E-state index in [2.05, 4.69) is 28.8 Å². The average Bonchev–Trinajstić information content (AvgIpc) is 2.52. The summed E-state index contributed by atoms with van der Waals surface area (Å²) in [4.78, 5) is 12.3. The van der Waals surface area contributed by atoms with Crippen molar-refractivity contribution in [3.63, 3.8) is 0 Å². The van der Waals surface area contributed by atoms with Gasteiger partial charge in [-0.1, -0.05) is 20.8 Å². The maximum Gasteiger partial charge on any atom is 0.284 e. The van der Waals surface area contributed by atoms with E-state index in [9.17, 15) is 8.78 Å². The molecule has 0 spiro atoms. The van der Waals surface area contributed by atoms with Crippen molar-refractivity contribution in [1.82, 2.24) is 15.0 Å². The Hall–Kier alpha value is -2.11. The minimum atomic E-state index is -2.71. The summed E-state index contributed by atoms with van der Waals surface area (Å²) < 4.78 is 32.3. The van der Waals surface area contributed by atoms with Gasteiger partial charge in [0.15, 0.2) is 0 Å². The van der Waals surface area contributed by atoms with Crippen LogP contribution >= 0.6 is 0 Å². The van der Waals surface area contributed by atoms with E-state index in [1.165, 1.54) is 0 Å². The first kappa shape index (κ1) is 18.2. The number of aromatic nitrogens is 3. The minimum Gasteiger partial charge on any atom is -0.491 e. The third-order valence-corrected chi connectivity index (χ3v) is 3.53. The molecular weight excluding hydrogens is 312 g/mol. The van der Waals surface area contributed by atoms with Crippen LogP contribution in [0.2, 0.25) is 0 Å². The second kappa shape index (κ2) is 8.13. The van der Waals surface area contributed by atoms with Crippen LogP contribution in [0, 0.1) is 18.8 Å². The monoisotopic (exact) mass is 335 g/mol. The molecule has 0 aliphatic heterocycles. The number of hydrogen-bond acceptors (Lipinski definition) is 4. The third kappa shape index (κ3) is 4.94. The molecule has 24 heavy (non-hydrogen) atoms. The lowest BCUT2D eigenvalue weighted by Gasteiger charge is -2.17. The van der Waals surface area contributed by atoms with E-state index in [4.69, 9.17) is 4.74 Å². The quantitative estimate of drug-likeness (QED) is 0.726. The lowest BCUT2D eigenvalue weighted by atomic mass is 10.00. The smallest absolute Gasteiger partial charge is 0.284 e. The van der Waals surface area contributed by atoms with Crippen LogP contribution in [0.4, 0.5) is 8.78 Å². The molecule has 0 unspecified atom stereocenters. The van der Waals surface area contributed by atoms with Gasteiger partial charge in [-0.2, -0.15) is 0 Å². The third-order valence-electron chi connectivity index (χ3n) is 3.53. The summed E-state index contributed by atoms with van der Waals surface area (Å²) in [5, 5.41) is 0. The molecule has 6 heteroatoms. The zero-order valence-electron chi connectivity index (χ0n) is 14.5. The number of halogens is 2. The Balaban J connectivity index is 2.21. The highest BCUT2D eigenvalue weighted by Gasteiger charge is 2.19. The largest absolute Gasteiger partial charge is 0.491 e. The fraction of sp³-hybridized carbons (Fsp3) is 0.500. The van der Waals surface area contributed by atoms with Crippen molar-refractivity contribution in [3.8, 4) is 17.1 Å². The van der Waals surface area contributed by atoms with Crippen LogP contribution in [0.5, 0.6) is 5.75 Å². The molecule has 0 N–H and O–H groups in total. The molecule has 0 saturated carbocycles. The molecule has 0 aromatic carbocycles. The van der Waals surface area contributed by atoms with Crippen LogP contribution in [-0.2, 0) is 0 Å². The first-order chi connectivity index (χ1) is 11.4. The number of ether oxygens (including phenoxy) is 1. The molecule has 2 heterocycles. The van der Waals surface area contributed by atoms with E-state index in [1.54, 1.807) is 31.3 Å². The SMILES string of the molecule is Cc1nccc(-c2ccc(OC[C@@H](C)CC(C)C)c(C(F)F)n2)n1. The van der Waals surface area contributed by atoms with E-state index >= 15 is 0 Å². The van der Waals surface area contributed by atoms with Gasteiger partial charge in [-0.3, -0.25) is 0 Å². The van der Waals surface area contributed by atoms with E-state index < -0.39 is 6.43 Å². The highest BCUT2D eigenvalue weighted by molar-refractivity contribution is 5.55. The van der Waals surface area contributed by atoms with Gasteiger partial charge >= 0.3 is 0 Å². The molecule has 0 aliphatic rings. The standard InChI is InChI=1S/C18H23F2N3O/c1-11(2)9-12(3)10-24-16-6-5-14(23-17(16)18(19)20)15-7-8-21-13(4)22-15/h5-8,11-12,18H,9-10H2,1-4H3/t12-/m0/s1. The number of hydrogen-bond donors (Lipinski definition) is 0. The first-order valence-electron chi connectivity index (χ1n) is 8.08. The molecule has 1 atom stereocenters. The van der Waals surface area contributed by atoms with Crippen LogP contribution in [0.1, 0.15) is 45.1 Å². The summed E-state index contributed by atoms with van der Waals surface area (Å²) in [7, 11) is 0. The predicted molar refractivity (Wildman–Crippen MR) is 89.1 cm³/mol. The Labute approximate surface area is 141 Å². The number of rotatable bonds is 7. The molecule has 4 nitrogen and oxygen atoms in total. The lowest BCUT2D eigenvalue weighted by molar-refractivity contribution is 0.137. The molecule has 0 bridgehead atoms. The second-order valence-electron chi connectivity index (χ2n) is 6.42. The van der Waals surface area contributed by atoms with Gasteiger partial charge in [-0.15, -0.1) is 0 Å². The van der Waals surface area contributed by atoms with E-state index in [0.29, 0.717) is 35.7 Å². The Morgan fingerprint density at radius 2 is 1.75 bits per heavy atom. The second-order valence-corrected chi connectivity index (χ2v) is 6.42. The van der Waals surface area contributed by atoms with Crippen molar-refractivity contribution in [1.29, 1.82) is 0 Å². The van der Waals surface area contributed by atoms with Crippen molar-refractivity contribution in [2.45, 2.75) is 40.5 Å². The van der Waals surface area contributed by atoms with E-state index in [1.807, 2.05) is 6.92 Å². The van der Waals surface area contributed by atoms with Gasteiger partial charge in [0.05, 0.1) is 18.0 Å². The normalized spacial score (nSPS) is 12.7. The minimum absolute atomic E-state index is 0.134. The van der Waals surface area contributed by atoms with Gasteiger partial charge in [0.1, 0.15) is 17.3 Å². The number of aryl methyl sites for hydroxylation is 1. The Morgan fingerprint density at radius 1 is 1.04 bits per heavy atom. The molecule has 0 saturated heterocycles. The zero-order chi connectivity index (χ0) is 17.7. The van der Waals surface area contributed by atoms with E-state index in [0.717, 1.165) is 6.42 Å². The van der Waals surface area contributed by atoms with Crippen LogP contribution in [0.15, 0.2) is 24.4 Å². The molecule has 0 radical (unpaired) electrons. The van der Waals surface area contributed by atoms with Gasteiger partial charge in [0, 0.05) is 6.20 Å². The van der Waals surface area contributed by atoms with Crippen LogP contribution in [-0.4, -0.2) is 21.6 Å². The number of nitrogens with zero attached hydrogens (tertiary/aromatic N) is 3. The molecule has 2 aromatic heterocycles. The first-order valence-corrected chi connectivity index (χ1v) is 8.08. The Kier molecular flexibility index (Phi) is 6.17. The van der Waals surface area contributed by atoms with Gasteiger partial charge in [0.25, 0.3) is 6.43 Å². The van der Waals surface area contributed by atoms with Crippen LogP contribution < -0.4 is 4.74 Å². The predicted octanol–water partition coefficient (Wildman–Crippen LogP) is 4.85. The average molecular weight is 335 g/mol. The summed E-state index contributed by atoms with van der Waals surface area (Å²) >= 11 is 0. The van der Waals surface area contributed by atoms with Gasteiger partial charge in [0.2, 0.25) is 0 Å². The molecule has 0 amide bonds. The van der Waals surface area contributed by atoms with E-state index in [-0.39, 0.29) is 11.4 Å². The summed E-state index contributed by atoms with van der Waals surface area (Å²) in [5.41, 5.74) is 0.558. The van der Waals surface area contributed by atoms with Crippen LogP contribution in [0.3, 0.4) is 0 Å². The van der Waals surface area contributed by atoms with Crippen LogP contribution in [0.25, 0.3) is 11.4 Å². The maximum atomic E-state index is 13.4. The molecule has 2 rings (SSSR count).